The first-order valence-corrected chi connectivity index (χ1v) is 9.13. The summed E-state index contributed by atoms with van der Waals surface area (Å²) in [5.74, 6) is 0. The highest BCUT2D eigenvalue weighted by atomic mass is 32.2. The smallest absolute Gasteiger partial charge is 0.241 e. The van der Waals surface area contributed by atoms with Gasteiger partial charge in [-0.15, -0.1) is 11.3 Å². The Kier molecular flexibility index (Phi) is 7.11. The highest BCUT2D eigenvalue weighted by Crippen LogP contribution is 2.26. The molecule has 0 unspecified atom stereocenters. The Morgan fingerprint density at radius 1 is 1.40 bits per heavy atom. The Morgan fingerprint density at radius 2 is 2.10 bits per heavy atom. The van der Waals surface area contributed by atoms with Crippen molar-refractivity contribution in [3.8, 4) is 0 Å². The lowest BCUT2D eigenvalue weighted by atomic mass is 10.3. The van der Waals surface area contributed by atoms with Gasteiger partial charge >= 0.3 is 0 Å². The molecule has 3 N–H and O–H groups in total. The molecule has 0 fully saturated rings. The number of ether oxygens (including phenoxy) is 1. The molecule has 1 heterocycles. The molecule has 20 heavy (non-hydrogen) atoms. The van der Waals surface area contributed by atoms with Crippen molar-refractivity contribution in [3.63, 3.8) is 0 Å². The van der Waals surface area contributed by atoms with Gasteiger partial charge in [0.1, 0.15) is 4.90 Å². The fraction of sp³-hybridized carbons (Fsp3) is 0.692. The highest BCUT2D eigenvalue weighted by molar-refractivity contribution is 7.89. The van der Waals surface area contributed by atoms with Crippen LogP contribution in [0.3, 0.4) is 0 Å². The second-order valence-corrected chi connectivity index (χ2v) is 7.57. The van der Waals surface area contributed by atoms with E-state index < -0.39 is 10.0 Å². The summed E-state index contributed by atoms with van der Waals surface area (Å²) < 4.78 is 32.5. The number of unbranched alkanes of at least 4 members (excludes halogenated alkanes) is 1. The van der Waals surface area contributed by atoms with Crippen molar-refractivity contribution in [2.24, 2.45) is 5.73 Å². The molecule has 0 radical (unpaired) electrons. The summed E-state index contributed by atoms with van der Waals surface area (Å²) >= 11 is 1.39. The van der Waals surface area contributed by atoms with Crippen molar-refractivity contribution >= 4 is 21.4 Å². The normalized spacial score (nSPS) is 12.2. The van der Waals surface area contributed by atoms with E-state index in [1.807, 2.05) is 19.2 Å². The number of hydrogen-bond donors (Lipinski definition) is 2. The lowest BCUT2D eigenvalue weighted by Crippen LogP contribution is -2.26. The fourth-order valence-corrected chi connectivity index (χ4v) is 4.59. The topological polar surface area (TPSA) is 81.4 Å². The summed E-state index contributed by atoms with van der Waals surface area (Å²) in [7, 11) is -3.45. The van der Waals surface area contributed by atoms with Crippen LogP contribution in [-0.4, -0.2) is 27.7 Å². The molecule has 0 aliphatic carbocycles. The zero-order valence-electron chi connectivity index (χ0n) is 12.3. The third-order valence-electron chi connectivity index (χ3n) is 2.76. The molecule has 1 rings (SSSR count). The van der Waals surface area contributed by atoms with E-state index in [1.54, 1.807) is 6.92 Å². The predicted molar refractivity (Wildman–Crippen MR) is 82.5 cm³/mol. The number of sulfonamides is 1. The van der Waals surface area contributed by atoms with Gasteiger partial charge in [0.2, 0.25) is 10.0 Å². The van der Waals surface area contributed by atoms with Crippen molar-refractivity contribution in [1.29, 1.82) is 0 Å². The second-order valence-electron chi connectivity index (χ2n) is 4.90. The van der Waals surface area contributed by atoms with E-state index in [1.165, 1.54) is 11.3 Å². The van der Waals surface area contributed by atoms with Gasteiger partial charge in [-0.25, -0.2) is 13.1 Å². The monoisotopic (exact) mass is 320 g/mol. The van der Waals surface area contributed by atoms with Crippen LogP contribution in [-0.2, 0) is 21.3 Å². The summed E-state index contributed by atoms with van der Waals surface area (Å²) in [6, 6.07) is 0. The number of nitrogens with two attached hydrogens (primary N) is 1. The molecule has 0 aliphatic heterocycles. The van der Waals surface area contributed by atoms with Crippen LogP contribution in [0.5, 0.6) is 0 Å². The molecule has 0 aliphatic rings. The molecule has 1 aromatic heterocycles. The van der Waals surface area contributed by atoms with Crippen molar-refractivity contribution in [3.05, 3.63) is 15.8 Å². The van der Waals surface area contributed by atoms with Crippen LogP contribution in [0.25, 0.3) is 0 Å². The van der Waals surface area contributed by atoms with Crippen molar-refractivity contribution < 1.29 is 13.2 Å². The van der Waals surface area contributed by atoms with Crippen LogP contribution >= 0.6 is 11.3 Å². The maximum atomic E-state index is 12.2. The van der Waals surface area contributed by atoms with Gasteiger partial charge in [0.15, 0.2) is 0 Å². The Balaban J connectivity index is 2.48. The summed E-state index contributed by atoms with van der Waals surface area (Å²) in [6.07, 6.45) is 1.81. The number of nitrogens with one attached hydrogen (secondary N) is 1. The summed E-state index contributed by atoms with van der Waals surface area (Å²) in [4.78, 5) is 1.06. The fourth-order valence-electron chi connectivity index (χ4n) is 1.81. The molecular formula is C13H24N2O3S2. The van der Waals surface area contributed by atoms with Gasteiger partial charge < -0.3 is 10.5 Å². The molecular weight excluding hydrogens is 296 g/mol. The van der Waals surface area contributed by atoms with Crippen LogP contribution < -0.4 is 10.5 Å². The van der Waals surface area contributed by atoms with Crippen LogP contribution in [0.15, 0.2) is 10.3 Å². The van der Waals surface area contributed by atoms with Gasteiger partial charge in [0, 0.05) is 24.6 Å². The van der Waals surface area contributed by atoms with Crippen LogP contribution in [0.4, 0.5) is 0 Å². The first kappa shape index (κ1) is 17.6. The Bertz CT molecular complexity index is 510. The first-order chi connectivity index (χ1) is 9.38. The molecule has 0 atom stereocenters. The summed E-state index contributed by atoms with van der Waals surface area (Å²) in [5.41, 5.74) is 6.34. The first-order valence-electron chi connectivity index (χ1n) is 6.76. The van der Waals surface area contributed by atoms with Gasteiger partial charge in [-0.05, 0) is 44.6 Å². The summed E-state index contributed by atoms with van der Waals surface area (Å²) in [6.45, 7) is 7.08. The largest absolute Gasteiger partial charge is 0.379 e. The number of rotatable bonds is 9. The van der Waals surface area contributed by atoms with Gasteiger partial charge in [-0.1, -0.05) is 0 Å². The maximum absolute atomic E-state index is 12.2. The SMILES string of the molecule is Cc1csc(CN)c1S(=O)(=O)NCCCCOC(C)C. The van der Waals surface area contributed by atoms with E-state index in [-0.39, 0.29) is 12.6 Å². The quantitative estimate of drug-likeness (QED) is 0.682. The Labute approximate surface area is 125 Å². The molecule has 0 amide bonds. The lowest BCUT2D eigenvalue weighted by molar-refractivity contribution is 0.0762. The van der Waals surface area contributed by atoms with Gasteiger partial charge in [-0.2, -0.15) is 0 Å². The van der Waals surface area contributed by atoms with Crippen molar-refractivity contribution in [2.45, 2.75) is 51.2 Å². The van der Waals surface area contributed by atoms with E-state index in [2.05, 4.69) is 4.72 Å². The van der Waals surface area contributed by atoms with Crippen LogP contribution in [0.2, 0.25) is 0 Å². The van der Waals surface area contributed by atoms with E-state index in [9.17, 15) is 8.42 Å². The molecule has 0 bridgehead atoms. The summed E-state index contributed by atoms with van der Waals surface area (Å²) in [5, 5.41) is 1.83. The zero-order chi connectivity index (χ0) is 15.2. The molecule has 0 saturated carbocycles. The van der Waals surface area contributed by atoms with Gasteiger partial charge in [0.25, 0.3) is 0 Å². The predicted octanol–water partition coefficient (Wildman–Crippen LogP) is 2.00. The van der Waals surface area contributed by atoms with Gasteiger partial charge in [0.05, 0.1) is 6.10 Å². The molecule has 0 saturated heterocycles. The average molecular weight is 320 g/mol. The van der Waals surface area contributed by atoms with E-state index in [0.717, 1.165) is 18.4 Å². The molecule has 7 heteroatoms. The van der Waals surface area contributed by atoms with Crippen LogP contribution in [0.1, 0.15) is 37.1 Å². The van der Waals surface area contributed by atoms with E-state index in [0.29, 0.717) is 22.9 Å². The third kappa shape index (κ3) is 5.14. The standard InChI is InChI=1S/C13H24N2O3S2/c1-10(2)18-7-5-4-6-15-20(16,17)13-11(3)9-19-12(13)8-14/h9-10,15H,4-8,14H2,1-3H3. The molecule has 0 spiro atoms. The van der Waals surface area contributed by atoms with E-state index >= 15 is 0 Å². The second kappa shape index (κ2) is 8.09. The molecule has 1 aromatic rings. The minimum Gasteiger partial charge on any atom is -0.379 e. The van der Waals surface area contributed by atoms with Crippen molar-refractivity contribution in [1.82, 2.24) is 4.72 Å². The number of hydrogen-bond acceptors (Lipinski definition) is 5. The minimum absolute atomic E-state index is 0.215. The highest BCUT2D eigenvalue weighted by Gasteiger charge is 2.21. The Morgan fingerprint density at radius 3 is 2.70 bits per heavy atom. The average Bonchev–Trinajstić information content (AvgIpc) is 2.75. The molecule has 5 nitrogen and oxygen atoms in total. The zero-order valence-corrected chi connectivity index (χ0v) is 13.9. The molecule has 116 valence electrons. The maximum Gasteiger partial charge on any atom is 0.241 e. The molecule has 0 aromatic carbocycles. The lowest BCUT2D eigenvalue weighted by Gasteiger charge is -2.09. The number of aryl methyl sites for hydroxylation is 1. The van der Waals surface area contributed by atoms with Crippen molar-refractivity contribution in [2.75, 3.05) is 13.2 Å². The number of thiophene rings is 1. The minimum atomic E-state index is -3.45. The van der Waals surface area contributed by atoms with Gasteiger partial charge in [-0.3, -0.25) is 0 Å². The Hall–Kier alpha value is -0.470. The van der Waals surface area contributed by atoms with Crippen LogP contribution in [0, 0.1) is 6.92 Å². The van der Waals surface area contributed by atoms with E-state index in [4.69, 9.17) is 10.5 Å². The third-order valence-corrected chi connectivity index (χ3v) is 5.70.